The Morgan fingerprint density at radius 1 is 0.594 bits per heavy atom. The zero-order valence-electron chi connectivity index (χ0n) is 21.5. The van der Waals surface area contributed by atoms with Crippen molar-refractivity contribution in [3.05, 3.63) is 47.5 Å². The molecule has 2 aromatic carbocycles. The van der Waals surface area contributed by atoms with Crippen LogP contribution in [-0.4, -0.2) is 10.2 Å². The minimum atomic E-state index is -0.191. The first kappa shape index (κ1) is 28.9. The minimum absolute atomic E-state index is 0. The van der Waals surface area contributed by atoms with Crippen LogP contribution in [-0.2, 0) is 27.3 Å². The molecule has 32 heavy (non-hydrogen) atoms. The Morgan fingerprint density at radius 3 is 1.19 bits per heavy atom. The normalized spacial score (nSPS) is 13.1. The van der Waals surface area contributed by atoms with Gasteiger partial charge in [-0.15, -0.1) is 0 Å². The second-order valence-electron chi connectivity index (χ2n) is 12.6. The van der Waals surface area contributed by atoms with E-state index in [4.69, 9.17) is 0 Å². The maximum absolute atomic E-state index is 10.9. The van der Waals surface area contributed by atoms with E-state index in [9.17, 15) is 10.2 Å². The van der Waals surface area contributed by atoms with Crippen LogP contribution in [0, 0.1) is 10.8 Å². The molecule has 0 heterocycles. The van der Waals surface area contributed by atoms with Crippen molar-refractivity contribution in [3.63, 3.8) is 0 Å². The van der Waals surface area contributed by atoms with Crippen LogP contribution >= 0.6 is 11.8 Å². The topological polar surface area (TPSA) is 40.5 Å². The molecule has 0 aliphatic carbocycles. The van der Waals surface area contributed by atoms with Gasteiger partial charge >= 0.3 is 0 Å². The van der Waals surface area contributed by atoms with Crippen molar-refractivity contribution in [2.24, 2.45) is 10.8 Å². The summed E-state index contributed by atoms with van der Waals surface area (Å²) in [5.74, 6) is 0.685. The minimum Gasteiger partial charge on any atom is -0.508 e. The fourth-order valence-electron chi connectivity index (χ4n) is 5.52. The summed E-state index contributed by atoms with van der Waals surface area (Å²) >= 11 is 1.65. The van der Waals surface area contributed by atoms with Crippen molar-refractivity contribution in [1.82, 2.24) is 0 Å². The number of aromatic hydroxyl groups is 2. The summed E-state index contributed by atoms with van der Waals surface area (Å²) in [6, 6.07) is 11.6. The first-order valence-corrected chi connectivity index (χ1v) is 12.1. The summed E-state index contributed by atoms with van der Waals surface area (Å²) in [5, 5.41) is 21.8. The Morgan fingerprint density at radius 2 is 0.906 bits per heavy atom. The molecule has 0 aromatic heterocycles. The van der Waals surface area contributed by atoms with Crippen molar-refractivity contribution < 1.29 is 26.7 Å². The van der Waals surface area contributed by atoms with Crippen LogP contribution < -0.4 is 0 Å². The van der Waals surface area contributed by atoms with Crippen LogP contribution in [0.25, 0.3) is 0 Å². The van der Waals surface area contributed by atoms with Crippen molar-refractivity contribution >= 4 is 11.8 Å². The van der Waals surface area contributed by atoms with E-state index < -0.39 is 0 Å². The van der Waals surface area contributed by atoms with Gasteiger partial charge in [-0.25, -0.2) is 0 Å². The van der Waals surface area contributed by atoms with Crippen LogP contribution in [0.2, 0.25) is 0 Å². The van der Waals surface area contributed by atoms with Gasteiger partial charge in [-0.1, -0.05) is 93.1 Å². The standard InChI is InChI=1S/C28H42O2S.Ni/c1-25(2,3)17-27(7,8)23-19(29)13-11-15-21(23)31-22-16-12-14-20(30)24(22)28(9,10)18-26(4,5)6;/h11-16,29-30H,17-18H2,1-10H3;. The number of hydrogen-bond acceptors (Lipinski definition) is 3. The van der Waals surface area contributed by atoms with Crippen molar-refractivity contribution in [2.75, 3.05) is 0 Å². The van der Waals surface area contributed by atoms with E-state index in [1.165, 1.54) is 0 Å². The predicted molar refractivity (Wildman–Crippen MR) is 135 cm³/mol. The quantitative estimate of drug-likeness (QED) is 0.389. The van der Waals surface area contributed by atoms with Gasteiger partial charge in [0, 0.05) is 37.4 Å². The van der Waals surface area contributed by atoms with Crippen LogP contribution in [0.15, 0.2) is 46.2 Å². The Labute approximate surface area is 210 Å². The van der Waals surface area contributed by atoms with Gasteiger partial charge < -0.3 is 10.2 Å². The number of phenols is 2. The van der Waals surface area contributed by atoms with Gasteiger partial charge in [-0.05, 0) is 58.8 Å². The smallest absolute Gasteiger partial charge is 0.120 e. The Hall–Kier alpha value is -1.12. The van der Waals surface area contributed by atoms with Gasteiger partial charge in [-0.3, -0.25) is 0 Å². The van der Waals surface area contributed by atoms with Crippen LogP contribution in [0.1, 0.15) is 93.2 Å². The maximum Gasteiger partial charge on any atom is 0.120 e. The van der Waals surface area contributed by atoms with E-state index >= 15 is 0 Å². The first-order valence-electron chi connectivity index (χ1n) is 11.3. The van der Waals surface area contributed by atoms with E-state index in [2.05, 4.69) is 81.4 Å². The third-order valence-corrected chi connectivity index (χ3v) is 6.65. The van der Waals surface area contributed by atoms with Crippen molar-refractivity contribution in [1.29, 1.82) is 0 Å². The van der Waals surface area contributed by atoms with Gasteiger partial charge in [0.05, 0.1) is 0 Å². The molecule has 0 unspecified atom stereocenters. The molecule has 182 valence electrons. The van der Waals surface area contributed by atoms with E-state index in [0.717, 1.165) is 33.8 Å². The second-order valence-corrected chi connectivity index (χ2v) is 13.7. The molecule has 2 aromatic rings. The predicted octanol–water partition coefficient (Wildman–Crippen LogP) is 8.67. The molecule has 0 saturated carbocycles. The number of hydrogen-bond donors (Lipinski definition) is 2. The average Bonchev–Trinajstić information content (AvgIpc) is 2.49. The third-order valence-electron chi connectivity index (χ3n) is 5.53. The second kappa shape index (κ2) is 10.0. The molecule has 4 heteroatoms. The SMILES string of the molecule is CC(C)(C)CC(C)(C)c1c(O)cccc1Sc1cccc(O)c1C(C)(C)CC(C)(C)C.[Ni]. The zero-order chi connectivity index (χ0) is 23.8. The molecule has 0 radical (unpaired) electrons. The molecule has 0 spiro atoms. The van der Waals surface area contributed by atoms with E-state index in [1.54, 1.807) is 23.9 Å². The molecule has 2 nitrogen and oxygen atoms in total. The van der Waals surface area contributed by atoms with Crippen LogP contribution in [0.4, 0.5) is 0 Å². The molecule has 2 rings (SSSR count). The molecule has 2 N–H and O–H groups in total. The van der Waals surface area contributed by atoms with Crippen LogP contribution in [0.5, 0.6) is 11.5 Å². The van der Waals surface area contributed by atoms with E-state index in [0.29, 0.717) is 11.5 Å². The van der Waals surface area contributed by atoms with E-state index in [-0.39, 0.29) is 38.2 Å². The maximum atomic E-state index is 10.9. The van der Waals surface area contributed by atoms with Gasteiger partial charge in [0.2, 0.25) is 0 Å². The average molecular weight is 501 g/mol. The fraction of sp³-hybridized carbons (Fsp3) is 0.571. The summed E-state index contributed by atoms with van der Waals surface area (Å²) in [4.78, 5) is 2.10. The Kier molecular flexibility index (Phi) is 9.05. The molecule has 0 fully saturated rings. The summed E-state index contributed by atoms with van der Waals surface area (Å²) in [7, 11) is 0. The zero-order valence-corrected chi connectivity index (χ0v) is 23.3. The summed E-state index contributed by atoms with van der Waals surface area (Å²) in [5.41, 5.74) is 1.86. The van der Waals surface area contributed by atoms with Crippen LogP contribution in [0.3, 0.4) is 0 Å². The Bertz CT molecular complexity index is 843. The molecular formula is C28H42NiO2S. The molecule has 0 atom stereocenters. The molecule has 0 saturated heterocycles. The van der Waals surface area contributed by atoms with Gasteiger partial charge in [0.1, 0.15) is 11.5 Å². The third kappa shape index (κ3) is 7.46. The molecular weight excluding hydrogens is 459 g/mol. The Balaban J connectivity index is 0.00000512. The summed E-state index contributed by atoms with van der Waals surface area (Å²) < 4.78 is 0. The van der Waals surface area contributed by atoms with Gasteiger partial charge in [-0.2, -0.15) is 0 Å². The molecule has 0 aliphatic heterocycles. The molecule has 0 aliphatic rings. The number of rotatable bonds is 6. The molecule has 0 amide bonds. The van der Waals surface area contributed by atoms with Gasteiger partial charge in [0.15, 0.2) is 0 Å². The van der Waals surface area contributed by atoms with Crippen molar-refractivity contribution in [3.8, 4) is 11.5 Å². The van der Waals surface area contributed by atoms with Gasteiger partial charge in [0.25, 0.3) is 0 Å². The van der Waals surface area contributed by atoms with Crippen molar-refractivity contribution in [2.45, 2.75) is 103 Å². The first-order chi connectivity index (χ1) is 13.9. The number of phenolic OH excluding ortho intramolecular Hbond substituents is 2. The largest absolute Gasteiger partial charge is 0.508 e. The number of benzene rings is 2. The summed E-state index contributed by atoms with van der Waals surface area (Å²) in [6.07, 6.45) is 1.90. The van der Waals surface area contributed by atoms with E-state index in [1.807, 2.05) is 12.1 Å². The molecule has 0 bridgehead atoms. The summed E-state index contributed by atoms with van der Waals surface area (Å²) in [6.45, 7) is 22.3. The monoisotopic (exact) mass is 500 g/mol. The fourth-order valence-corrected chi connectivity index (χ4v) is 7.01.